The van der Waals surface area contributed by atoms with Gasteiger partial charge in [-0.1, -0.05) is 36.4 Å². The predicted octanol–water partition coefficient (Wildman–Crippen LogP) is 4.02. The van der Waals surface area contributed by atoms with Gasteiger partial charge in [-0.05, 0) is 51.5 Å². The van der Waals surface area contributed by atoms with Crippen LogP contribution in [-0.2, 0) is 20.9 Å². The lowest BCUT2D eigenvalue weighted by Gasteiger charge is -2.39. The molecule has 2 rings (SSSR count). The van der Waals surface area contributed by atoms with Crippen LogP contribution in [0, 0.1) is 5.41 Å². The van der Waals surface area contributed by atoms with E-state index in [4.69, 9.17) is 9.47 Å². The second-order valence-electron chi connectivity index (χ2n) is 7.37. The first-order valence-corrected chi connectivity index (χ1v) is 9.09. The molecule has 0 aromatic heterocycles. The number of benzene rings is 1. The molecule has 1 aliphatic rings. The average Bonchev–Trinajstić information content (AvgIpc) is 2.61. The van der Waals surface area contributed by atoms with E-state index in [0.29, 0.717) is 12.8 Å². The van der Waals surface area contributed by atoms with Crippen molar-refractivity contribution in [1.82, 2.24) is 0 Å². The van der Waals surface area contributed by atoms with Gasteiger partial charge in [-0.3, -0.25) is 4.79 Å². The van der Waals surface area contributed by atoms with Crippen LogP contribution in [0.4, 0.5) is 0 Å². The van der Waals surface area contributed by atoms with Crippen molar-refractivity contribution in [2.75, 3.05) is 0 Å². The second kappa shape index (κ2) is 9.16. The minimum absolute atomic E-state index is 0.0186. The summed E-state index contributed by atoms with van der Waals surface area (Å²) in [4.78, 5) is 12.6. The topological polar surface area (TPSA) is 55.8 Å². The summed E-state index contributed by atoms with van der Waals surface area (Å²) in [7, 11) is 0. The van der Waals surface area contributed by atoms with Crippen LogP contribution in [0.1, 0.15) is 51.5 Å². The van der Waals surface area contributed by atoms with Crippen LogP contribution in [0.3, 0.4) is 0 Å². The van der Waals surface area contributed by atoms with Crippen molar-refractivity contribution >= 4 is 5.97 Å². The Hall–Kier alpha value is -1.65. The summed E-state index contributed by atoms with van der Waals surface area (Å²) in [6, 6.07) is 9.67. The molecule has 1 fully saturated rings. The van der Waals surface area contributed by atoms with E-state index >= 15 is 0 Å². The zero-order valence-electron chi connectivity index (χ0n) is 15.3. The van der Waals surface area contributed by atoms with Crippen molar-refractivity contribution in [2.24, 2.45) is 5.41 Å². The van der Waals surface area contributed by atoms with Crippen LogP contribution in [-0.4, -0.2) is 29.4 Å². The van der Waals surface area contributed by atoms with E-state index in [9.17, 15) is 9.90 Å². The SMILES string of the molecule is C=CC[C@@H](O)C[C@@H]1CCC[C@H](C(C)(C)C(=O)OCc2ccccc2)O1. The predicted molar refractivity (Wildman–Crippen MR) is 98.0 cm³/mol. The first-order valence-electron chi connectivity index (χ1n) is 9.09. The number of hydrogen-bond acceptors (Lipinski definition) is 4. The molecular formula is C21H30O4. The third-order valence-electron chi connectivity index (χ3n) is 4.87. The molecule has 0 unspecified atom stereocenters. The number of hydrogen-bond donors (Lipinski definition) is 1. The normalized spacial score (nSPS) is 22.2. The van der Waals surface area contributed by atoms with E-state index in [1.807, 2.05) is 44.2 Å². The fourth-order valence-corrected chi connectivity index (χ4v) is 3.24. The van der Waals surface area contributed by atoms with E-state index in [0.717, 1.165) is 24.8 Å². The van der Waals surface area contributed by atoms with Crippen LogP contribution in [0.2, 0.25) is 0 Å². The van der Waals surface area contributed by atoms with Gasteiger partial charge in [-0.15, -0.1) is 6.58 Å². The van der Waals surface area contributed by atoms with E-state index < -0.39 is 11.5 Å². The molecule has 1 saturated heterocycles. The molecule has 0 radical (unpaired) electrons. The van der Waals surface area contributed by atoms with Crippen LogP contribution < -0.4 is 0 Å². The van der Waals surface area contributed by atoms with Gasteiger partial charge in [0.2, 0.25) is 0 Å². The Morgan fingerprint density at radius 3 is 2.80 bits per heavy atom. The molecule has 1 aliphatic heterocycles. The fraction of sp³-hybridized carbons (Fsp3) is 0.571. The van der Waals surface area contributed by atoms with Crippen LogP contribution in [0.5, 0.6) is 0 Å². The largest absolute Gasteiger partial charge is 0.460 e. The minimum atomic E-state index is -0.711. The molecule has 0 aliphatic carbocycles. The summed E-state index contributed by atoms with van der Waals surface area (Å²) in [5, 5.41) is 9.97. The van der Waals surface area contributed by atoms with Crippen LogP contribution in [0.15, 0.2) is 43.0 Å². The van der Waals surface area contributed by atoms with Crippen LogP contribution >= 0.6 is 0 Å². The van der Waals surface area contributed by atoms with Crippen molar-refractivity contribution in [3.05, 3.63) is 48.6 Å². The Balaban J connectivity index is 1.90. The van der Waals surface area contributed by atoms with Crippen molar-refractivity contribution in [3.63, 3.8) is 0 Å². The van der Waals surface area contributed by atoms with Crippen molar-refractivity contribution < 1.29 is 19.4 Å². The zero-order chi connectivity index (χ0) is 18.3. The summed E-state index contributed by atoms with van der Waals surface area (Å²) >= 11 is 0. The number of esters is 1. The lowest BCUT2D eigenvalue weighted by atomic mass is 9.81. The number of aliphatic hydroxyl groups excluding tert-OH is 1. The Morgan fingerprint density at radius 1 is 1.40 bits per heavy atom. The van der Waals surface area contributed by atoms with Gasteiger partial charge in [-0.25, -0.2) is 0 Å². The Bertz CT molecular complexity index is 552. The third kappa shape index (κ3) is 5.68. The Morgan fingerprint density at radius 2 is 2.12 bits per heavy atom. The number of carbonyl (C=O) groups excluding carboxylic acids is 1. The highest BCUT2D eigenvalue weighted by atomic mass is 16.5. The smallest absolute Gasteiger partial charge is 0.314 e. The molecule has 1 aromatic carbocycles. The van der Waals surface area contributed by atoms with Gasteiger partial charge in [0.05, 0.1) is 23.7 Å². The average molecular weight is 346 g/mol. The molecule has 138 valence electrons. The van der Waals surface area contributed by atoms with Gasteiger partial charge in [0.1, 0.15) is 6.61 Å². The third-order valence-corrected chi connectivity index (χ3v) is 4.87. The van der Waals surface area contributed by atoms with Gasteiger partial charge < -0.3 is 14.6 Å². The summed E-state index contributed by atoms with van der Waals surface area (Å²) in [6.07, 6.45) is 4.96. The van der Waals surface area contributed by atoms with Gasteiger partial charge in [-0.2, -0.15) is 0 Å². The summed E-state index contributed by atoms with van der Waals surface area (Å²) in [5.74, 6) is -0.242. The van der Waals surface area contributed by atoms with Gasteiger partial charge in [0.15, 0.2) is 0 Å². The maximum absolute atomic E-state index is 12.6. The molecule has 0 saturated carbocycles. The highest BCUT2D eigenvalue weighted by Gasteiger charge is 2.42. The zero-order valence-corrected chi connectivity index (χ0v) is 15.3. The molecule has 4 heteroatoms. The van der Waals surface area contributed by atoms with Gasteiger partial charge in [0.25, 0.3) is 0 Å². The molecule has 0 amide bonds. The summed E-state index contributed by atoms with van der Waals surface area (Å²) in [5.41, 5.74) is 0.262. The minimum Gasteiger partial charge on any atom is -0.460 e. The summed E-state index contributed by atoms with van der Waals surface area (Å²) in [6.45, 7) is 7.69. The lowest BCUT2D eigenvalue weighted by Crippen LogP contribution is -2.44. The maximum Gasteiger partial charge on any atom is 0.314 e. The first-order chi connectivity index (χ1) is 11.9. The van der Waals surface area contributed by atoms with E-state index in [1.54, 1.807) is 6.08 Å². The number of rotatable bonds is 8. The fourth-order valence-electron chi connectivity index (χ4n) is 3.24. The Labute approximate surface area is 150 Å². The quantitative estimate of drug-likeness (QED) is 0.570. The highest BCUT2D eigenvalue weighted by molar-refractivity contribution is 5.76. The summed E-state index contributed by atoms with van der Waals surface area (Å²) < 4.78 is 11.7. The number of carbonyl (C=O) groups is 1. The molecule has 25 heavy (non-hydrogen) atoms. The van der Waals surface area contributed by atoms with Crippen molar-refractivity contribution in [3.8, 4) is 0 Å². The maximum atomic E-state index is 12.6. The molecule has 0 spiro atoms. The Kier molecular flexibility index (Phi) is 7.21. The molecule has 3 atom stereocenters. The second-order valence-corrected chi connectivity index (χ2v) is 7.37. The molecule has 1 heterocycles. The molecule has 0 bridgehead atoms. The van der Waals surface area contributed by atoms with E-state index in [1.165, 1.54) is 0 Å². The molecule has 1 aromatic rings. The monoisotopic (exact) mass is 346 g/mol. The van der Waals surface area contributed by atoms with Gasteiger partial charge >= 0.3 is 5.97 Å². The number of ether oxygens (including phenoxy) is 2. The van der Waals surface area contributed by atoms with E-state index in [2.05, 4.69) is 6.58 Å². The lowest BCUT2D eigenvalue weighted by molar-refractivity contribution is -0.174. The van der Waals surface area contributed by atoms with Crippen molar-refractivity contribution in [2.45, 2.75) is 70.9 Å². The highest BCUT2D eigenvalue weighted by Crippen LogP contribution is 2.35. The first kappa shape index (κ1) is 19.7. The van der Waals surface area contributed by atoms with Crippen LogP contribution in [0.25, 0.3) is 0 Å². The molecular weight excluding hydrogens is 316 g/mol. The molecule has 4 nitrogen and oxygen atoms in total. The number of aliphatic hydroxyl groups is 1. The van der Waals surface area contributed by atoms with E-state index in [-0.39, 0.29) is 24.8 Å². The molecule has 1 N–H and O–H groups in total. The standard InChI is InChI=1S/C21H30O4/c1-4-9-17(22)14-18-12-8-13-19(25-18)21(2,3)20(23)24-15-16-10-6-5-7-11-16/h4-7,10-11,17-19,22H,1,8-9,12-15H2,2-3H3/t17-,18+,19-/m1/s1. The van der Waals surface area contributed by atoms with Crippen molar-refractivity contribution in [1.29, 1.82) is 0 Å². The van der Waals surface area contributed by atoms with Gasteiger partial charge in [0, 0.05) is 0 Å².